The van der Waals surface area contributed by atoms with Gasteiger partial charge in [-0.15, -0.1) is 0 Å². The van der Waals surface area contributed by atoms with Crippen molar-refractivity contribution in [3.8, 4) is 11.8 Å². The number of rotatable bonds is 7. The molecule has 0 unspecified atom stereocenters. The summed E-state index contributed by atoms with van der Waals surface area (Å²) in [6.07, 6.45) is 1.79. The molecule has 2 aromatic rings. The van der Waals surface area contributed by atoms with E-state index in [1.807, 2.05) is 25.1 Å². The van der Waals surface area contributed by atoms with Crippen molar-refractivity contribution in [3.05, 3.63) is 64.6 Å². The molecular formula is C23H21N3O4S. The van der Waals surface area contributed by atoms with Crippen LogP contribution in [-0.4, -0.2) is 41.7 Å². The van der Waals surface area contributed by atoms with E-state index in [-0.39, 0.29) is 12.5 Å². The van der Waals surface area contributed by atoms with E-state index in [2.05, 4.69) is 4.99 Å². The van der Waals surface area contributed by atoms with Crippen molar-refractivity contribution in [1.29, 1.82) is 5.26 Å². The minimum atomic E-state index is -0.408. The molecule has 0 spiro atoms. The van der Waals surface area contributed by atoms with Crippen LogP contribution in [-0.2, 0) is 9.53 Å². The highest BCUT2D eigenvalue weighted by Crippen LogP contribution is 2.34. The lowest BCUT2D eigenvalue weighted by molar-refractivity contribution is -0.122. The standard InChI is InChI=1S/C23H21N3O4S/c1-3-26-21(27)20(14-16-8-10-19(11-9-16)30-13-12-24)31-23(26)25-18-7-5-6-17(15-18)22(28)29-4-2/h5-11,14-15H,3-4,13H2,1-2H3. The smallest absolute Gasteiger partial charge is 0.338 e. The zero-order valence-corrected chi connectivity index (χ0v) is 18.0. The molecule has 1 heterocycles. The Bertz CT molecular complexity index is 1070. The Hall–Kier alpha value is -3.57. The first-order valence-electron chi connectivity index (χ1n) is 9.72. The van der Waals surface area contributed by atoms with Gasteiger partial charge in [-0.3, -0.25) is 9.69 Å². The number of carbonyl (C=O) groups excluding carboxylic acids is 2. The predicted molar refractivity (Wildman–Crippen MR) is 120 cm³/mol. The van der Waals surface area contributed by atoms with E-state index in [0.717, 1.165) is 5.56 Å². The number of hydrogen-bond acceptors (Lipinski definition) is 7. The average Bonchev–Trinajstić information content (AvgIpc) is 3.07. The molecule has 0 saturated carbocycles. The molecule has 31 heavy (non-hydrogen) atoms. The minimum absolute atomic E-state index is 0.0164. The van der Waals surface area contributed by atoms with Crippen molar-refractivity contribution in [2.45, 2.75) is 13.8 Å². The summed E-state index contributed by atoms with van der Waals surface area (Å²) in [5, 5.41) is 9.13. The maximum absolute atomic E-state index is 12.8. The second-order valence-corrected chi connectivity index (χ2v) is 7.35. The normalized spacial score (nSPS) is 15.9. The SMILES string of the molecule is CCOC(=O)c1cccc(N=C2SC(=Cc3ccc(OCC#N)cc3)C(=O)N2CC)c1. The third-order valence-electron chi connectivity index (χ3n) is 4.27. The molecule has 0 N–H and O–H groups in total. The second-order valence-electron chi connectivity index (χ2n) is 6.34. The topological polar surface area (TPSA) is 92.0 Å². The number of carbonyl (C=O) groups is 2. The number of nitriles is 1. The molecule has 7 nitrogen and oxygen atoms in total. The van der Waals surface area contributed by atoms with Gasteiger partial charge < -0.3 is 9.47 Å². The van der Waals surface area contributed by atoms with Crippen molar-refractivity contribution >= 4 is 40.6 Å². The van der Waals surface area contributed by atoms with Crippen LogP contribution in [0.1, 0.15) is 29.8 Å². The van der Waals surface area contributed by atoms with Crippen molar-refractivity contribution < 1.29 is 19.1 Å². The first-order chi connectivity index (χ1) is 15.0. The summed E-state index contributed by atoms with van der Waals surface area (Å²) < 4.78 is 10.3. The van der Waals surface area contributed by atoms with Crippen LogP contribution in [0.5, 0.6) is 5.75 Å². The number of amidine groups is 1. The monoisotopic (exact) mass is 435 g/mol. The maximum Gasteiger partial charge on any atom is 0.338 e. The van der Waals surface area contributed by atoms with Crippen LogP contribution < -0.4 is 4.74 Å². The molecule has 1 aliphatic rings. The zero-order valence-electron chi connectivity index (χ0n) is 17.2. The van der Waals surface area contributed by atoms with Gasteiger partial charge in [0.15, 0.2) is 11.8 Å². The summed E-state index contributed by atoms with van der Waals surface area (Å²) in [5.41, 5.74) is 1.82. The quantitative estimate of drug-likeness (QED) is 0.473. The number of amides is 1. The van der Waals surface area contributed by atoms with Crippen LogP contribution in [0.25, 0.3) is 6.08 Å². The molecule has 0 atom stereocenters. The lowest BCUT2D eigenvalue weighted by atomic mass is 10.2. The van der Waals surface area contributed by atoms with Gasteiger partial charge in [0.05, 0.1) is 22.8 Å². The Morgan fingerprint density at radius 2 is 2.00 bits per heavy atom. The van der Waals surface area contributed by atoms with E-state index in [0.29, 0.717) is 40.2 Å². The average molecular weight is 436 g/mol. The summed E-state index contributed by atoms with van der Waals surface area (Å²) in [7, 11) is 0. The van der Waals surface area contributed by atoms with E-state index in [1.165, 1.54) is 11.8 Å². The Morgan fingerprint density at radius 3 is 2.68 bits per heavy atom. The van der Waals surface area contributed by atoms with Crippen LogP contribution in [0.15, 0.2) is 58.4 Å². The van der Waals surface area contributed by atoms with Gasteiger partial charge in [0, 0.05) is 6.54 Å². The molecule has 0 radical (unpaired) electrons. The van der Waals surface area contributed by atoms with E-state index >= 15 is 0 Å². The Morgan fingerprint density at radius 1 is 1.23 bits per heavy atom. The molecular weight excluding hydrogens is 414 g/mol. The van der Waals surface area contributed by atoms with Gasteiger partial charge in [0.1, 0.15) is 11.8 Å². The van der Waals surface area contributed by atoms with Crippen molar-refractivity contribution in [1.82, 2.24) is 4.90 Å². The lowest BCUT2D eigenvalue weighted by Crippen LogP contribution is -2.28. The van der Waals surface area contributed by atoms with E-state index in [9.17, 15) is 9.59 Å². The summed E-state index contributed by atoms with van der Waals surface area (Å²) in [4.78, 5) is 31.5. The largest absolute Gasteiger partial charge is 0.479 e. The van der Waals surface area contributed by atoms with Gasteiger partial charge >= 0.3 is 5.97 Å². The molecule has 0 bridgehead atoms. The highest BCUT2D eigenvalue weighted by Gasteiger charge is 2.32. The van der Waals surface area contributed by atoms with Crippen molar-refractivity contribution in [2.24, 2.45) is 4.99 Å². The molecule has 2 aromatic carbocycles. The molecule has 1 amide bonds. The third-order valence-corrected chi connectivity index (χ3v) is 5.27. The van der Waals surface area contributed by atoms with Gasteiger partial charge in [-0.25, -0.2) is 9.79 Å². The summed E-state index contributed by atoms with van der Waals surface area (Å²) in [6.45, 7) is 4.39. The number of benzene rings is 2. The maximum atomic E-state index is 12.8. The number of likely N-dealkylation sites (N-methyl/N-ethyl adjacent to an activating group) is 1. The van der Waals surface area contributed by atoms with Gasteiger partial charge in [-0.05, 0) is 67.6 Å². The van der Waals surface area contributed by atoms with Crippen molar-refractivity contribution in [3.63, 3.8) is 0 Å². The molecule has 1 saturated heterocycles. The van der Waals surface area contributed by atoms with Crippen LogP contribution in [0.2, 0.25) is 0 Å². The van der Waals surface area contributed by atoms with Gasteiger partial charge in [0.2, 0.25) is 0 Å². The Labute approximate surface area is 185 Å². The lowest BCUT2D eigenvalue weighted by Gasteiger charge is -2.12. The first kappa shape index (κ1) is 22.1. The molecule has 0 aliphatic carbocycles. The fraction of sp³-hybridized carbons (Fsp3) is 0.217. The number of nitrogens with zero attached hydrogens (tertiary/aromatic N) is 3. The van der Waals surface area contributed by atoms with E-state index < -0.39 is 5.97 Å². The molecule has 3 rings (SSSR count). The van der Waals surface area contributed by atoms with Gasteiger partial charge in [-0.1, -0.05) is 18.2 Å². The second kappa shape index (κ2) is 10.5. The number of thioether (sulfide) groups is 1. The Balaban J connectivity index is 1.83. The molecule has 0 aromatic heterocycles. The molecule has 1 fully saturated rings. The predicted octanol–water partition coefficient (Wildman–Crippen LogP) is 4.39. The zero-order chi connectivity index (χ0) is 22.2. The number of esters is 1. The molecule has 158 valence electrons. The summed E-state index contributed by atoms with van der Waals surface area (Å²) in [6, 6.07) is 15.9. The molecule has 1 aliphatic heterocycles. The van der Waals surface area contributed by atoms with Crippen LogP contribution in [0, 0.1) is 11.3 Å². The number of aliphatic imine (C=N–C) groups is 1. The highest BCUT2D eigenvalue weighted by molar-refractivity contribution is 8.18. The number of hydrogen-bond donors (Lipinski definition) is 0. The van der Waals surface area contributed by atoms with Crippen molar-refractivity contribution in [2.75, 3.05) is 19.8 Å². The van der Waals surface area contributed by atoms with E-state index in [1.54, 1.807) is 54.3 Å². The fourth-order valence-electron chi connectivity index (χ4n) is 2.82. The van der Waals surface area contributed by atoms with Crippen LogP contribution >= 0.6 is 11.8 Å². The van der Waals surface area contributed by atoms with Gasteiger partial charge in [-0.2, -0.15) is 5.26 Å². The third kappa shape index (κ3) is 5.53. The molecule has 8 heteroatoms. The highest BCUT2D eigenvalue weighted by atomic mass is 32.2. The fourth-order valence-corrected chi connectivity index (χ4v) is 3.89. The summed E-state index contributed by atoms with van der Waals surface area (Å²) >= 11 is 1.28. The van der Waals surface area contributed by atoms with Crippen LogP contribution in [0.4, 0.5) is 5.69 Å². The summed E-state index contributed by atoms with van der Waals surface area (Å²) in [5.74, 6) is 0.0560. The minimum Gasteiger partial charge on any atom is -0.479 e. The number of ether oxygens (including phenoxy) is 2. The van der Waals surface area contributed by atoms with E-state index in [4.69, 9.17) is 14.7 Å². The first-order valence-corrected chi connectivity index (χ1v) is 10.5. The van der Waals surface area contributed by atoms with Crippen LogP contribution in [0.3, 0.4) is 0 Å². The Kier molecular flexibility index (Phi) is 7.46. The van der Waals surface area contributed by atoms with Gasteiger partial charge in [0.25, 0.3) is 5.91 Å².